The molecule has 0 aliphatic carbocycles. The average Bonchev–Trinajstić information content (AvgIpc) is 2.78. The highest BCUT2D eigenvalue weighted by Crippen LogP contribution is 2.39. The average molecular weight is 311 g/mol. The number of aromatic hydroxyl groups is 1. The molecular formula is C16H13N3O4. The molecule has 7 nitrogen and oxygen atoms in total. The first kappa shape index (κ1) is 14.7. The summed E-state index contributed by atoms with van der Waals surface area (Å²) in [6, 6.07) is 11.6. The summed E-state index contributed by atoms with van der Waals surface area (Å²) < 4.78 is 1.45. The lowest BCUT2D eigenvalue weighted by Crippen LogP contribution is -2.02. The Balaban J connectivity index is 2.20. The third-order valence-electron chi connectivity index (χ3n) is 3.77. The molecule has 7 heteroatoms. The summed E-state index contributed by atoms with van der Waals surface area (Å²) in [6.07, 6.45) is 0. The molecule has 0 unspecified atom stereocenters. The monoisotopic (exact) mass is 311 g/mol. The van der Waals surface area contributed by atoms with E-state index in [1.165, 1.54) is 10.6 Å². The number of benzene rings is 2. The number of nitroso groups, excluding NO2 is 1. The van der Waals surface area contributed by atoms with Crippen molar-refractivity contribution in [2.45, 2.75) is 13.5 Å². The van der Waals surface area contributed by atoms with Gasteiger partial charge in [0, 0.05) is 17.0 Å². The van der Waals surface area contributed by atoms with Gasteiger partial charge in [-0.1, -0.05) is 29.8 Å². The second-order valence-electron chi connectivity index (χ2n) is 5.26. The zero-order chi connectivity index (χ0) is 16.6. The molecule has 0 radical (unpaired) electrons. The van der Waals surface area contributed by atoms with Crippen molar-refractivity contribution in [3.63, 3.8) is 0 Å². The largest absolute Gasteiger partial charge is 0.493 e. The molecule has 0 saturated carbocycles. The number of hydrogen-bond acceptors (Lipinski definition) is 5. The first-order valence-electron chi connectivity index (χ1n) is 6.90. The Morgan fingerprint density at radius 3 is 2.70 bits per heavy atom. The Bertz CT molecular complexity index is 930. The van der Waals surface area contributed by atoms with Crippen LogP contribution in [-0.4, -0.2) is 14.6 Å². The number of nitrogens with zero attached hydrogens (tertiary/aromatic N) is 3. The fourth-order valence-electron chi connectivity index (χ4n) is 2.68. The number of aromatic nitrogens is 1. The molecule has 0 bridgehead atoms. The number of fused-ring (bicyclic) bond motifs is 1. The van der Waals surface area contributed by atoms with E-state index in [4.69, 9.17) is 0 Å². The Morgan fingerprint density at radius 1 is 1.26 bits per heavy atom. The van der Waals surface area contributed by atoms with Crippen molar-refractivity contribution in [3.8, 4) is 5.88 Å². The normalized spacial score (nSPS) is 10.8. The van der Waals surface area contributed by atoms with Gasteiger partial charge in [-0.3, -0.25) is 10.1 Å². The molecule has 0 aliphatic heterocycles. The van der Waals surface area contributed by atoms with E-state index in [-0.39, 0.29) is 23.8 Å². The Hall–Kier alpha value is -3.22. The molecule has 1 aromatic heterocycles. The maximum atomic E-state index is 11.1. The molecule has 116 valence electrons. The molecule has 0 fully saturated rings. The van der Waals surface area contributed by atoms with Crippen LogP contribution in [0, 0.1) is 21.9 Å². The van der Waals surface area contributed by atoms with Crippen molar-refractivity contribution in [1.29, 1.82) is 0 Å². The van der Waals surface area contributed by atoms with Crippen LogP contribution >= 0.6 is 0 Å². The lowest BCUT2D eigenvalue weighted by Gasteiger charge is -2.08. The van der Waals surface area contributed by atoms with Crippen LogP contribution < -0.4 is 0 Å². The fraction of sp³-hybridized carbons (Fsp3) is 0.125. The Kier molecular flexibility index (Phi) is 3.53. The second kappa shape index (κ2) is 5.53. The summed E-state index contributed by atoms with van der Waals surface area (Å²) in [6.45, 7) is 1.93. The zero-order valence-electron chi connectivity index (χ0n) is 12.3. The fourth-order valence-corrected chi connectivity index (χ4v) is 2.68. The van der Waals surface area contributed by atoms with E-state index in [2.05, 4.69) is 5.18 Å². The highest BCUT2D eigenvalue weighted by Gasteiger charge is 2.20. The van der Waals surface area contributed by atoms with Crippen LogP contribution in [0.3, 0.4) is 0 Å². The summed E-state index contributed by atoms with van der Waals surface area (Å²) in [5, 5.41) is 24.9. The number of hydrogen-bond donors (Lipinski definition) is 1. The van der Waals surface area contributed by atoms with Gasteiger partial charge in [-0.15, -0.1) is 4.91 Å². The predicted octanol–water partition coefficient (Wildman–Crippen LogP) is 4.01. The highest BCUT2D eigenvalue weighted by atomic mass is 16.6. The minimum Gasteiger partial charge on any atom is -0.493 e. The molecule has 0 atom stereocenters. The van der Waals surface area contributed by atoms with Crippen molar-refractivity contribution in [2.24, 2.45) is 5.18 Å². The summed E-state index contributed by atoms with van der Waals surface area (Å²) in [7, 11) is 0. The molecule has 0 saturated heterocycles. The summed E-state index contributed by atoms with van der Waals surface area (Å²) in [5.74, 6) is -0.293. The van der Waals surface area contributed by atoms with Crippen LogP contribution in [0.2, 0.25) is 0 Å². The van der Waals surface area contributed by atoms with E-state index < -0.39 is 4.92 Å². The van der Waals surface area contributed by atoms with Gasteiger partial charge in [0.25, 0.3) is 5.69 Å². The molecule has 0 amide bonds. The molecule has 3 rings (SSSR count). The minimum absolute atomic E-state index is 0.0403. The van der Waals surface area contributed by atoms with Crippen molar-refractivity contribution < 1.29 is 10.0 Å². The molecule has 0 spiro atoms. The van der Waals surface area contributed by atoms with Crippen LogP contribution in [0.25, 0.3) is 10.9 Å². The zero-order valence-corrected chi connectivity index (χ0v) is 12.3. The summed E-state index contributed by atoms with van der Waals surface area (Å²) in [5.41, 5.74) is 1.86. The maximum absolute atomic E-state index is 11.1. The standard InChI is InChI=1S/C16H13N3O4/c1-10-6-7-14-12(8-10)15(17-21)16(20)18(14)9-11-4-2-3-5-13(11)19(22)23/h2-8,20H,9H2,1H3. The third kappa shape index (κ3) is 2.42. The molecular weight excluding hydrogens is 298 g/mol. The summed E-state index contributed by atoms with van der Waals surface area (Å²) in [4.78, 5) is 21.7. The number of para-hydroxylation sites is 1. The van der Waals surface area contributed by atoms with E-state index in [0.717, 1.165) is 5.56 Å². The van der Waals surface area contributed by atoms with E-state index in [1.807, 2.05) is 13.0 Å². The van der Waals surface area contributed by atoms with Crippen LogP contribution in [-0.2, 0) is 6.54 Å². The van der Waals surface area contributed by atoms with Crippen LogP contribution in [0.5, 0.6) is 5.88 Å². The van der Waals surface area contributed by atoms with Gasteiger partial charge in [-0.25, -0.2) is 0 Å². The number of nitro groups is 1. The van der Waals surface area contributed by atoms with Crippen LogP contribution in [0.4, 0.5) is 11.4 Å². The van der Waals surface area contributed by atoms with E-state index in [0.29, 0.717) is 16.5 Å². The number of rotatable bonds is 4. The molecule has 23 heavy (non-hydrogen) atoms. The van der Waals surface area contributed by atoms with Gasteiger partial charge in [0.1, 0.15) is 0 Å². The Labute approximate surface area is 130 Å². The topological polar surface area (TPSA) is 97.7 Å². The molecule has 0 aliphatic rings. The van der Waals surface area contributed by atoms with Gasteiger partial charge in [-0.05, 0) is 24.2 Å². The van der Waals surface area contributed by atoms with Gasteiger partial charge >= 0.3 is 0 Å². The maximum Gasteiger partial charge on any atom is 0.274 e. The lowest BCUT2D eigenvalue weighted by molar-refractivity contribution is -0.385. The molecule has 1 heterocycles. The molecule has 2 aromatic carbocycles. The second-order valence-corrected chi connectivity index (χ2v) is 5.26. The van der Waals surface area contributed by atoms with Gasteiger partial charge in [0.2, 0.25) is 5.88 Å². The quantitative estimate of drug-likeness (QED) is 0.447. The molecule has 3 aromatic rings. The third-order valence-corrected chi connectivity index (χ3v) is 3.77. The van der Waals surface area contributed by atoms with E-state index in [9.17, 15) is 20.1 Å². The summed E-state index contributed by atoms with van der Waals surface area (Å²) >= 11 is 0. The highest BCUT2D eigenvalue weighted by molar-refractivity contribution is 5.95. The van der Waals surface area contributed by atoms with E-state index >= 15 is 0 Å². The first-order valence-corrected chi connectivity index (χ1v) is 6.90. The van der Waals surface area contributed by atoms with E-state index in [1.54, 1.807) is 30.3 Å². The lowest BCUT2D eigenvalue weighted by atomic mass is 10.1. The molecule has 1 N–H and O–H groups in total. The van der Waals surface area contributed by atoms with Gasteiger partial charge in [-0.2, -0.15) is 0 Å². The number of aryl methyl sites for hydroxylation is 1. The van der Waals surface area contributed by atoms with Crippen molar-refractivity contribution in [2.75, 3.05) is 0 Å². The van der Waals surface area contributed by atoms with Crippen molar-refractivity contribution in [1.82, 2.24) is 4.57 Å². The van der Waals surface area contributed by atoms with Crippen molar-refractivity contribution in [3.05, 3.63) is 68.6 Å². The SMILES string of the molecule is Cc1ccc2c(c1)c(N=O)c(O)n2Cc1ccccc1[N+](=O)[O-]. The van der Waals surface area contributed by atoms with Gasteiger partial charge in [0.05, 0.1) is 17.0 Å². The van der Waals surface area contributed by atoms with Crippen LogP contribution in [0.1, 0.15) is 11.1 Å². The number of nitro benzene ring substituents is 1. The van der Waals surface area contributed by atoms with Gasteiger partial charge < -0.3 is 9.67 Å². The van der Waals surface area contributed by atoms with Crippen molar-refractivity contribution >= 4 is 22.3 Å². The smallest absolute Gasteiger partial charge is 0.274 e. The minimum atomic E-state index is -0.471. The van der Waals surface area contributed by atoms with Gasteiger partial charge in [0.15, 0.2) is 5.69 Å². The van der Waals surface area contributed by atoms with Crippen LogP contribution in [0.15, 0.2) is 47.6 Å². The predicted molar refractivity (Wildman–Crippen MR) is 86.0 cm³/mol. The Morgan fingerprint density at radius 2 is 2.00 bits per heavy atom. The first-order chi connectivity index (χ1) is 11.0.